The van der Waals surface area contributed by atoms with Crippen molar-refractivity contribution in [3.05, 3.63) is 36.9 Å². The van der Waals surface area contributed by atoms with E-state index < -0.39 is 6.10 Å². The van der Waals surface area contributed by atoms with Crippen LogP contribution in [0.2, 0.25) is 0 Å². The third-order valence-corrected chi connectivity index (χ3v) is 2.75. The molecule has 0 fully saturated rings. The molecule has 1 amide bonds. The second kappa shape index (κ2) is 4.91. The van der Waals surface area contributed by atoms with Gasteiger partial charge in [0.2, 0.25) is 0 Å². The second-order valence-corrected chi connectivity index (χ2v) is 3.88. The first-order valence-electron chi connectivity index (χ1n) is 5.59. The van der Waals surface area contributed by atoms with Crippen molar-refractivity contribution >= 4 is 11.6 Å². The topological polar surface area (TPSA) is 41.6 Å². The van der Waals surface area contributed by atoms with Crippen LogP contribution >= 0.6 is 0 Å². The lowest BCUT2D eigenvalue weighted by Crippen LogP contribution is -2.48. The standard InChI is InChI=1S/C13H16N2O2/c1-3-8-15-9-12(13(16)14-2)17-11-7-5-4-6-10(11)15/h3-7,12H,1,8-9H2,2H3,(H,14,16)/t12-/m1/s1. The highest BCUT2D eigenvalue weighted by molar-refractivity contribution is 5.83. The van der Waals surface area contributed by atoms with Crippen molar-refractivity contribution in [1.29, 1.82) is 0 Å². The number of para-hydroxylation sites is 2. The molecule has 1 N–H and O–H groups in total. The minimum atomic E-state index is -0.463. The van der Waals surface area contributed by atoms with Crippen LogP contribution in [0.25, 0.3) is 0 Å². The molecule has 0 radical (unpaired) electrons. The molecule has 1 aliphatic rings. The van der Waals surface area contributed by atoms with Crippen molar-refractivity contribution < 1.29 is 9.53 Å². The number of hydrogen-bond donors (Lipinski definition) is 1. The average Bonchev–Trinajstić information content (AvgIpc) is 2.38. The van der Waals surface area contributed by atoms with Crippen LogP contribution < -0.4 is 15.0 Å². The van der Waals surface area contributed by atoms with E-state index in [4.69, 9.17) is 4.74 Å². The molecular formula is C13H16N2O2. The Morgan fingerprint density at radius 3 is 3.12 bits per heavy atom. The normalized spacial score (nSPS) is 17.9. The first kappa shape index (κ1) is 11.5. The van der Waals surface area contributed by atoms with Crippen LogP contribution in [-0.2, 0) is 4.79 Å². The lowest BCUT2D eigenvalue weighted by atomic mass is 10.2. The number of benzene rings is 1. The average molecular weight is 232 g/mol. The van der Waals surface area contributed by atoms with Crippen molar-refractivity contribution in [2.75, 3.05) is 25.0 Å². The van der Waals surface area contributed by atoms with E-state index in [9.17, 15) is 4.79 Å². The number of fused-ring (bicyclic) bond motifs is 1. The van der Waals surface area contributed by atoms with Gasteiger partial charge in [-0.05, 0) is 12.1 Å². The van der Waals surface area contributed by atoms with E-state index in [-0.39, 0.29) is 5.91 Å². The van der Waals surface area contributed by atoms with Crippen molar-refractivity contribution in [3.8, 4) is 5.75 Å². The van der Waals surface area contributed by atoms with E-state index in [1.165, 1.54) is 0 Å². The van der Waals surface area contributed by atoms with Gasteiger partial charge >= 0.3 is 0 Å². The molecule has 0 bridgehead atoms. The molecule has 90 valence electrons. The summed E-state index contributed by atoms with van der Waals surface area (Å²) in [5.74, 6) is 0.641. The number of hydrogen-bond acceptors (Lipinski definition) is 3. The summed E-state index contributed by atoms with van der Waals surface area (Å²) in [7, 11) is 1.62. The molecule has 0 saturated carbocycles. The van der Waals surface area contributed by atoms with Gasteiger partial charge in [-0.1, -0.05) is 18.2 Å². The van der Waals surface area contributed by atoms with E-state index in [2.05, 4.69) is 16.8 Å². The summed E-state index contributed by atoms with van der Waals surface area (Å²) in [5, 5.41) is 2.61. The molecule has 1 heterocycles. The van der Waals surface area contributed by atoms with Gasteiger partial charge in [0.25, 0.3) is 5.91 Å². The van der Waals surface area contributed by atoms with Crippen molar-refractivity contribution in [1.82, 2.24) is 5.32 Å². The number of amides is 1. The Hall–Kier alpha value is -1.97. The van der Waals surface area contributed by atoms with E-state index in [1.807, 2.05) is 30.3 Å². The van der Waals surface area contributed by atoms with E-state index >= 15 is 0 Å². The first-order valence-corrected chi connectivity index (χ1v) is 5.59. The lowest BCUT2D eigenvalue weighted by Gasteiger charge is -2.34. The van der Waals surface area contributed by atoms with Gasteiger partial charge in [-0.15, -0.1) is 6.58 Å². The molecule has 4 nitrogen and oxygen atoms in total. The number of likely N-dealkylation sites (N-methyl/N-ethyl adjacent to an activating group) is 1. The Morgan fingerprint density at radius 2 is 2.41 bits per heavy atom. The summed E-state index contributed by atoms with van der Waals surface area (Å²) in [6.07, 6.45) is 1.36. The maximum absolute atomic E-state index is 11.6. The quantitative estimate of drug-likeness (QED) is 0.796. The summed E-state index contributed by atoms with van der Waals surface area (Å²) >= 11 is 0. The van der Waals surface area contributed by atoms with Gasteiger partial charge < -0.3 is 15.0 Å². The maximum Gasteiger partial charge on any atom is 0.262 e. The number of anilines is 1. The Labute approximate surface area is 101 Å². The largest absolute Gasteiger partial charge is 0.477 e. The van der Waals surface area contributed by atoms with Crippen LogP contribution in [0.1, 0.15) is 0 Å². The predicted octanol–water partition coefficient (Wildman–Crippen LogP) is 1.19. The molecule has 1 aromatic rings. The monoisotopic (exact) mass is 232 g/mol. The van der Waals surface area contributed by atoms with Crippen LogP contribution in [-0.4, -0.2) is 32.1 Å². The SMILES string of the molecule is C=CCN1C[C@H](C(=O)NC)Oc2ccccc21. The van der Waals surface area contributed by atoms with Crippen LogP contribution in [0.15, 0.2) is 36.9 Å². The van der Waals surface area contributed by atoms with Gasteiger partial charge in [0.1, 0.15) is 5.75 Å². The summed E-state index contributed by atoms with van der Waals surface area (Å²) < 4.78 is 5.67. The third kappa shape index (κ3) is 2.25. The van der Waals surface area contributed by atoms with Gasteiger partial charge in [0, 0.05) is 13.6 Å². The molecule has 0 saturated heterocycles. The number of nitrogens with one attached hydrogen (secondary N) is 1. The predicted molar refractivity (Wildman–Crippen MR) is 67.3 cm³/mol. The molecule has 1 aliphatic heterocycles. The highest BCUT2D eigenvalue weighted by atomic mass is 16.5. The van der Waals surface area contributed by atoms with Gasteiger partial charge in [0.05, 0.1) is 12.2 Å². The third-order valence-electron chi connectivity index (χ3n) is 2.75. The second-order valence-electron chi connectivity index (χ2n) is 3.88. The number of carbonyl (C=O) groups excluding carboxylic acids is 1. The summed E-state index contributed by atoms with van der Waals surface area (Å²) in [6, 6.07) is 7.72. The fourth-order valence-electron chi connectivity index (χ4n) is 1.93. The Bertz CT molecular complexity index is 431. The van der Waals surface area contributed by atoms with Crippen molar-refractivity contribution in [2.45, 2.75) is 6.10 Å². The van der Waals surface area contributed by atoms with Crippen molar-refractivity contribution in [2.24, 2.45) is 0 Å². The molecule has 0 aliphatic carbocycles. The van der Waals surface area contributed by atoms with Gasteiger partial charge in [-0.25, -0.2) is 0 Å². The number of nitrogens with zero attached hydrogens (tertiary/aromatic N) is 1. The summed E-state index contributed by atoms with van der Waals surface area (Å²) in [6.45, 7) is 4.98. The van der Waals surface area contributed by atoms with Crippen LogP contribution in [0.5, 0.6) is 5.75 Å². The lowest BCUT2D eigenvalue weighted by molar-refractivity contribution is -0.127. The first-order chi connectivity index (χ1) is 8.26. The highest BCUT2D eigenvalue weighted by Gasteiger charge is 2.29. The van der Waals surface area contributed by atoms with E-state index in [0.29, 0.717) is 13.1 Å². The van der Waals surface area contributed by atoms with Crippen LogP contribution in [0, 0.1) is 0 Å². The minimum absolute atomic E-state index is 0.103. The molecule has 1 atom stereocenters. The zero-order valence-electron chi connectivity index (χ0n) is 9.85. The van der Waals surface area contributed by atoms with Crippen LogP contribution in [0.4, 0.5) is 5.69 Å². The molecule has 17 heavy (non-hydrogen) atoms. The van der Waals surface area contributed by atoms with Crippen molar-refractivity contribution in [3.63, 3.8) is 0 Å². The fraction of sp³-hybridized carbons (Fsp3) is 0.308. The molecular weight excluding hydrogens is 216 g/mol. The van der Waals surface area contributed by atoms with Crippen LogP contribution in [0.3, 0.4) is 0 Å². The zero-order chi connectivity index (χ0) is 12.3. The zero-order valence-corrected chi connectivity index (χ0v) is 9.85. The van der Waals surface area contributed by atoms with Gasteiger partial charge in [-0.3, -0.25) is 4.79 Å². The number of ether oxygens (including phenoxy) is 1. The molecule has 4 heteroatoms. The smallest absolute Gasteiger partial charge is 0.262 e. The Kier molecular flexibility index (Phi) is 3.32. The minimum Gasteiger partial charge on any atom is -0.477 e. The van der Waals surface area contributed by atoms with Gasteiger partial charge in [0.15, 0.2) is 6.10 Å². The number of rotatable bonds is 3. The molecule has 0 unspecified atom stereocenters. The maximum atomic E-state index is 11.6. The summed E-state index contributed by atoms with van der Waals surface area (Å²) in [5.41, 5.74) is 1.01. The van der Waals surface area contributed by atoms with E-state index in [0.717, 1.165) is 11.4 Å². The highest BCUT2D eigenvalue weighted by Crippen LogP contribution is 2.32. The number of carbonyl (C=O) groups is 1. The van der Waals surface area contributed by atoms with E-state index in [1.54, 1.807) is 7.05 Å². The van der Waals surface area contributed by atoms with Gasteiger partial charge in [-0.2, -0.15) is 0 Å². The fourth-order valence-corrected chi connectivity index (χ4v) is 1.93. The molecule has 1 aromatic carbocycles. The molecule has 0 spiro atoms. The Morgan fingerprint density at radius 1 is 1.65 bits per heavy atom. The molecule has 0 aromatic heterocycles. The summed E-state index contributed by atoms with van der Waals surface area (Å²) in [4.78, 5) is 13.7. The Balaban J connectivity index is 2.28. The molecule has 2 rings (SSSR count).